The van der Waals surface area contributed by atoms with Crippen molar-refractivity contribution in [2.24, 2.45) is 5.92 Å². The molecular weight excluding hydrogens is 256 g/mol. The minimum atomic E-state index is -0.485. The molecule has 1 aromatic rings. The van der Waals surface area contributed by atoms with E-state index in [4.69, 9.17) is 4.74 Å². The molecule has 1 unspecified atom stereocenters. The molecule has 2 amide bonds. The van der Waals surface area contributed by atoms with Crippen LogP contribution >= 0.6 is 0 Å². The van der Waals surface area contributed by atoms with Gasteiger partial charge in [0.1, 0.15) is 18.3 Å². The minimum absolute atomic E-state index is 0.0296. The number of methoxy groups -OCH3 is 1. The first-order valence-electron chi connectivity index (χ1n) is 6.69. The molecule has 1 saturated heterocycles. The van der Waals surface area contributed by atoms with E-state index in [1.807, 2.05) is 39.0 Å². The van der Waals surface area contributed by atoms with Crippen molar-refractivity contribution in [1.29, 1.82) is 0 Å². The second-order valence-electron chi connectivity index (χ2n) is 5.39. The third-order valence-corrected chi connectivity index (χ3v) is 3.44. The number of rotatable bonds is 3. The van der Waals surface area contributed by atoms with E-state index in [9.17, 15) is 9.59 Å². The van der Waals surface area contributed by atoms with Crippen LogP contribution in [0.4, 0.5) is 5.69 Å². The molecule has 0 spiro atoms. The van der Waals surface area contributed by atoms with Gasteiger partial charge in [0.15, 0.2) is 0 Å². The largest absolute Gasteiger partial charge is 0.495 e. The smallest absolute Gasteiger partial charge is 0.250 e. The molecule has 1 atom stereocenters. The van der Waals surface area contributed by atoms with E-state index in [0.29, 0.717) is 11.4 Å². The molecule has 0 bridgehead atoms. The topological polar surface area (TPSA) is 58.6 Å². The van der Waals surface area contributed by atoms with Crippen LogP contribution in [0.2, 0.25) is 0 Å². The molecule has 0 saturated carbocycles. The summed E-state index contributed by atoms with van der Waals surface area (Å²) in [6.45, 7) is 5.80. The Balaban J connectivity index is 2.42. The van der Waals surface area contributed by atoms with Crippen molar-refractivity contribution in [3.63, 3.8) is 0 Å². The summed E-state index contributed by atoms with van der Waals surface area (Å²) < 4.78 is 5.31. The number of amides is 2. The number of nitrogens with one attached hydrogen (secondary N) is 1. The van der Waals surface area contributed by atoms with Gasteiger partial charge in [-0.05, 0) is 30.5 Å². The Morgan fingerprint density at radius 1 is 1.35 bits per heavy atom. The lowest BCUT2D eigenvalue weighted by Crippen LogP contribution is -2.60. The van der Waals surface area contributed by atoms with Crippen molar-refractivity contribution in [2.75, 3.05) is 18.6 Å². The Bertz CT molecular complexity index is 540. The SMILES string of the molecule is COc1ccc(C)cc1N1CC(=O)NC(C(C)C)C1=O. The fourth-order valence-corrected chi connectivity index (χ4v) is 2.34. The summed E-state index contributed by atoms with van der Waals surface area (Å²) in [7, 11) is 1.56. The zero-order valence-electron chi connectivity index (χ0n) is 12.3. The third-order valence-electron chi connectivity index (χ3n) is 3.44. The maximum Gasteiger partial charge on any atom is 0.250 e. The number of carbonyl (C=O) groups excluding carboxylic acids is 2. The molecule has 1 N–H and O–H groups in total. The van der Waals surface area contributed by atoms with Gasteiger partial charge in [-0.3, -0.25) is 14.5 Å². The highest BCUT2D eigenvalue weighted by molar-refractivity contribution is 6.07. The molecule has 2 rings (SSSR count). The molecule has 5 nitrogen and oxygen atoms in total. The molecule has 0 aliphatic carbocycles. The summed E-state index contributed by atoms with van der Waals surface area (Å²) in [6, 6.07) is 5.11. The van der Waals surface area contributed by atoms with Crippen LogP contribution in [0.5, 0.6) is 5.75 Å². The summed E-state index contributed by atoms with van der Waals surface area (Å²) in [4.78, 5) is 25.9. The van der Waals surface area contributed by atoms with E-state index in [2.05, 4.69) is 5.32 Å². The summed E-state index contributed by atoms with van der Waals surface area (Å²) >= 11 is 0. The maximum absolute atomic E-state index is 12.5. The third kappa shape index (κ3) is 2.61. The predicted molar refractivity (Wildman–Crippen MR) is 76.9 cm³/mol. The number of hydrogen-bond acceptors (Lipinski definition) is 3. The molecule has 1 aromatic carbocycles. The normalized spacial score (nSPS) is 19.2. The number of aryl methyl sites for hydroxylation is 1. The highest BCUT2D eigenvalue weighted by Gasteiger charge is 2.36. The van der Waals surface area contributed by atoms with Gasteiger partial charge in [-0.2, -0.15) is 0 Å². The summed E-state index contributed by atoms with van der Waals surface area (Å²) in [6.07, 6.45) is 0. The number of piperazine rings is 1. The van der Waals surface area contributed by atoms with Crippen molar-refractivity contribution in [3.05, 3.63) is 23.8 Å². The first kappa shape index (κ1) is 14.4. The Kier molecular flexibility index (Phi) is 3.97. The minimum Gasteiger partial charge on any atom is -0.495 e. The van der Waals surface area contributed by atoms with Crippen LogP contribution in [-0.2, 0) is 9.59 Å². The monoisotopic (exact) mass is 276 g/mol. The van der Waals surface area contributed by atoms with Gasteiger partial charge in [-0.15, -0.1) is 0 Å². The first-order valence-corrected chi connectivity index (χ1v) is 6.69. The number of ether oxygens (including phenoxy) is 1. The number of anilines is 1. The second kappa shape index (κ2) is 5.53. The van der Waals surface area contributed by atoms with Crippen LogP contribution in [0.3, 0.4) is 0 Å². The standard InChI is InChI=1S/C15H20N2O3/c1-9(2)14-15(19)17(8-13(18)16-14)11-7-10(3)5-6-12(11)20-4/h5-7,9,14H,8H2,1-4H3,(H,16,18). The number of carbonyl (C=O) groups is 2. The lowest BCUT2D eigenvalue weighted by Gasteiger charge is -2.35. The lowest BCUT2D eigenvalue weighted by molar-refractivity contribution is -0.132. The van der Waals surface area contributed by atoms with E-state index in [-0.39, 0.29) is 24.3 Å². The zero-order chi connectivity index (χ0) is 14.9. The fraction of sp³-hybridized carbons (Fsp3) is 0.467. The highest BCUT2D eigenvalue weighted by atomic mass is 16.5. The average Bonchev–Trinajstić information content (AvgIpc) is 2.40. The molecular formula is C15H20N2O3. The first-order chi connectivity index (χ1) is 9.43. The average molecular weight is 276 g/mol. The van der Waals surface area contributed by atoms with Gasteiger partial charge < -0.3 is 10.1 Å². The van der Waals surface area contributed by atoms with Crippen molar-refractivity contribution in [2.45, 2.75) is 26.8 Å². The van der Waals surface area contributed by atoms with Crippen LogP contribution in [0.1, 0.15) is 19.4 Å². The van der Waals surface area contributed by atoms with Crippen LogP contribution in [0.15, 0.2) is 18.2 Å². The highest BCUT2D eigenvalue weighted by Crippen LogP contribution is 2.31. The molecule has 1 fully saturated rings. The van der Waals surface area contributed by atoms with Crippen molar-refractivity contribution in [3.8, 4) is 5.75 Å². The predicted octanol–water partition coefficient (Wildman–Crippen LogP) is 1.49. The van der Waals surface area contributed by atoms with Gasteiger partial charge in [-0.25, -0.2) is 0 Å². The lowest BCUT2D eigenvalue weighted by atomic mass is 10.00. The number of hydrogen-bond donors (Lipinski definition) is 1. The van der Waals surface area contributed by atoms with Gasteiger partial charge in [0.05, 0.1) is 12.8 Å². The summed E-state index contributed by atoms with van der Waals surface area (Å²) in [5, 5.41) is 2.75. The van der Waals surface area contributed by atoms with Gasteiger partial charge in [0.25, 0.3) is 0 Å². The summed E-state index contributed by atoms with van der Waals surface area (Å²) in [5.41, 5.74) is 1.67. The van der Waals surface area contributed by atoms with Crippen molar-refractivity contribution in [1.82, 2.24) is 5.32 Å². The Labute approximate surface area is 118 Å². The zero-order valence-corrected chi connectivity index (χ0v) is 12.3. The van der Waals surface area contributed by atoms with Crippen molar-refractivity contribution < 1.29 is 14.3 Å². The van der Waals surface area contributed by atoms with Crippen LogP contribution in [0, 0.1) is 12.8 Å². The quantitative estimate of drug-likeness (QED) is 0.910. The van der Waals surface area contributed by atoms with E-state index < -0.39 is 6.04 Å². The summed E-state index contributed by atoms with van der Waals surface area (Å²) in [5.74, 6) is 0.404. The second-order valence-corrected chi connectivity index (χ2v) is 5.39. The van der Waals surface area contributed by atoms with E-state index in [1.54, 1.807) is 7.11 Å². The Hall–Kier alpha value is -2.04. The van der Waals surface area contributed by atoms with Crippen molar-refractivity contribution >= 4 is 17.5 Å². The van der Waals surface area contributed by atoms with E-state index >= 15 is 0 Å². The van der Waals surface area contributed by atoms with Crippen LogP contribution in [-0.4, -0.2) is 31.5 Å². The van der Waals surface area contributed by atoms with Gasteiger partial charge >= 0.3 is 0 Å². The molecule has 20 heavy (non-hydrogen) atoms. The number of benzene rings is 1. The van der Waals surface area contributed by atoms with Gasteiger partial charge in [0, 0.05) is 0 Å². The molecule has 5 heteroatoms. The Morgan fingerprint density at radius 2 is 2.05 bits per heavy atom. The maximum atomic E-state index is 12.5. The molecule has 1 heterocycles. The molecule has 108 valence electrons. The molecule has 0 radical (unpaired) electrons. The van der Waals surface area contributed by atoms with Gasteiger partial charge in [0.2, 0.25) is 11.8 Å². The van der Waals surface area contributed by atoms with Crippen LogP contribution < -0.4 is 15.0 Å². The van der Waals surface area contributed by atoms with Crippen LogP contribution in [0.25, 0.3) is 0 Å². The fourth-order valence-electron chi connectivity index (χ4n) is 2.34. The Morgan fingerprint density at radius 3 is 2.65 bits per heavy atom. The molecule has 1 aliphatic rings. The molecule has 0 aromatic heterocycles. The molecule has 1 aliphatic heterocycles. The number of nitrogens with zero attached hydrogens (tertiary/aromatic N) is 1. The van der Waals surface area contributed by atoms with E-state index in [0.717, 1.165) is 5.56 Å². The van der Waals surface area contributed by atoms with Gasteiger partial charge in [-0.1, -0.05) is 19.9 Å². The van der Waals surface area contributed by atoms with E-state index in [1.165, 1.54) is 4.90 Å².